The second-order valence-corrected chi connectivity index (χ2v) is 8.21. The molecule has 0 spiro atoms. The minimum absolute atomic E-state index is 0.0291. The van der Waals surface area contributed by atoms with Crippen LogP contribution in [0.25, 0.3) is 10.2 Å². The van der Waals surface area contributed by atoms with Crippen LogP contribution in [-0.4, -0.2) is 16.9 Å². The maximum absolute atomic E-state index is 12.3. The first-order valence-electron chi connectivity index (χ1n) is 9.11. The lowest BCUT2D eigenvalue weighted by atomic mass is 9.96. The van der Waals surface area contributed by atoms with Gasteiger partial charge in [0.25, 0.3) is 0 Å². The Morgan fingerprint density at radius 1 is 1.27 bits per heavy atom. The van der Waals surface area contributed by atoms with Crippen LogP contribution in [0.3, 0.4) is 0 Å². The van der Waals surface area contributed by atoms with Gasteiger partial charge in [-0.1, -0.05) is 48.6 Å². The van der Waals surface area contributed by atoms with E-state index in [0.717, 1.165) is 29.5 Å². The molecular weight excluding hydrogens is 342 g/mol. The van der Waals surface area contributed by atoms with Gasteiger partial charge in [0, 0.05) is 12.5 Å². The Morgan fingerprint density at radius 3 is 2.77 bits per heavy atom. The molecule has 3 aromatic rings. The quantitative estimate of drug-likeness (QED) is 0.710. The van der Waals surface area contributed by atoms with E-state index >= 15 is 0 Å². The zero-order chi connectivity index (χ0) is 18.1. The molecular formula is C21H23N3OS. The third kappa shape index (κ3) is 3.64. The number of nitrogens with two attached hydrogens (primary N) is 1. The second kappa shape index (κ2) is 7.17. The van der Waals surface area contributed by atoms with Crippen LogP contribution in [0.4, 0.5) is 5.13 Å². The molecule has 2 atom stereocenters. The van der Waals surface area contributed by atoms with E-state index in [-0.39, 0.29) is 11.9 Å². The van der Waals surface area contributed by atoms with E-state index in [9.17, 15) is 4.79 Å². The summed E-state index contributed by atoms with van der Waals surface area (Å²) < 4.78 is 1.12. The van der Waals surface area contributed by atoms with Gasteiger partial charge < -0.3 is 11.1 Å². The van der Waals surface area contributed by atoms with Crippen molar-refractivity contribution in [3.05, 3.63) is 59.2 Å². The molecule has 134 valence electrons. The summed E-state index contributed by atoms with van der Waals surface area (Å²) in [5.41, 5.74) is 10.9. The summed E-state index contributed by atoms with van der Waals surface area (Å²) in [5.74, 6) is 0.394. The van der Waals surface area contributed by atoms with Crippen molar-refractivity contribution >= 4 is 32.6 Å². The maximum atomic E-state index is 12.3. The van der Waals surface area contributed by atoms with Crippen molar-refractivity contribution in [1.82, 2.24) is 4.98 Å². The van der Waals surface area contributed by atoms with Gasteiger partial charge in [0.1, 0.15) is 0 Å². The molecule has 1 aliphatic rings. The SMILES string of the molecule is CC(CCC(=O)Nc1nc2cc3c(cc2s1)CC(N)C3)c1ccccc1. The van der Waals surface area contributed by atoms with E-state index < -0.39 is 0 Å². The lowest BCUT2D eigenvalue weighted by Gasteiger charge is -2.11. The molecule has 0 saturated carbocycles. The van der Waals surface area contributed by atoms with Crippen LogP contribution in [0.5, 0.6) is 0 Å². The topological polar surface area (TPSA) is 68.0 Å². The average molecular weight is 366 g/mol. The maximum Gasteiger partial charge on any atom is 0.226 e. The number of carbonyl (C=O) groups excluding carboxylic acids is 1. The molecule has 26 heavy (non-hydrogen) atoms. The van der Waals surface area contributed by atoms with Gasteiger partial charge in [-0.2, -0.15) is 0 Å². The number of amides is 1. The molecule has 2 unspecified atom stereocenters. The number of carbonyl (C=O) groups is 1. The predicted octanol–water partition coefficient (Wildman–Crippen LogP) is 4.24. The van der Waals surface area contributed by atoms with E-state index in [1.807, 2.05) is 18.2 Å². The monoisotopic (exact) mass is 365 g/mol. The average Bonchev–Trinajstić information content (AvgIpc) is 3.18. The molecule has 3 N–H and O–H groups in total. The molecule has 0 bridgehead atoms. The third-order valence-corrected chi connectivity index (χ3v) is 6.03. The van der Waals surface area contributed by atoms with E-state index in [1.165, 1.54) is 28.0 Å². The Balaban J connectivity index is 1.39. The van der Waals surface area contributed by atoms with Crippen molar-refractivity contribution in [3.63, 3.8) is 0 Å². The lowest BCUT2D eigenvalue weighted by Crippen LogP contribution is -2.18. The summed E-state index contributed by atoms with van der Waals surface area (Å²) in [7, 11) is 0. The van der Waals surface area contributed by atoms with Crippen LogP contribution in [0.15, 0.2) is 42.5 Å². The third-order valence-electron chi connectivity index (χ3n) is 5.09. The lowest BCUT2D eigenvalue weighted by molar-refractivity contribution is -0.116. The highest BCUT2D eigenvalue weighted by Crippen LogP contribution is 2.32. The fourth-order valence-electron chi connectivity index (χ4n) is 3.61. The Morgan fingerprint density at radius 2 is 2.00 bits per heavy atom. The highest BCUT2D eigenvalue weighted by molar-refractivity contribution is 7.22. The Kier molecular flexibility index (Phi) is 4.74. The predicted molar refractivity (Wildman–Crippen MR) is 108 cm³/mol. The molecule has 1 aliphatic carbocycles. The van der Waals surface area contributed by atoms with Gasteiger partial charge in [-0.25, -0.2) is 4.98 Å². The fourth-order valence-corrected chi connectivity index (χ4v) is 4.53. The van der Waals surface area contributed by atoms with Crippen LogP contribution in [-0.2, 0) is 17.6 Å². The highest BCUT2D eigenvalue weighted by Gasteiger charge is 2.20. The summed E-state index contributed by atoms with van der Waals surface area (Å²) in [5, 5.41) is 3.65. The number of hydrogen-bond acceptors (Lipinski definition) is 4. The molecule has 4 nitrogen and oxygen atoms in total. The minimum atomic E-state index is 0.0291. The molecule has 5 heteroatoms. The standard InChI is InChI=1S/C21H23N3OS/c1-13(14-5-3-2-4-6-14)7-8-20(25)24-21-23-18-11-15-9-17(22)10-16(15)12-19(18)26-21/h2-6,11-13,17H,7-10,22H2,1H3,(H,23,24,25). The van der Waals surface area contributed by atoms with Gasteiger partial charge in [-0.15, -0.1) is 0 Å². The van der Waals surface area contributed by atoms with Gasteiger partial charge in [0.05, 0.1) is 10.2 Å². The molecule has 1 aromatic heterocycles. The Bertz CT molecular complexity index is 892. The van der Waals surface area contributed by atoms with Crippen molar-refractivity contribution < 1.29 is 4.79 Å². The van der Waals surface area contributed by atoms with Crippen molar-refractivity contribution in [2.75, 3.05) is 5.32 Å². The van der Waals surface area contributed by atoms with Crippen LogP contribution >= 0.6 is 11.3 Å². The van der Waals surface area contributed by atoms with Gasteiger partial charge >= 0.3 is 0 Å². The molecule has 4 rings (SSSR count). The minimum Gasteiger partial charge on any atom is -0.327 e. The number of nitrogens with one attached hydrogen (secondary N) is 1. The molecule has 1 amide bonds. The van der Waals surface area contributed by atoms with E-state index in [0.29, 0.717) is 17.5 Å². The number of benzene rings is 2. The normalized spacial score (nSPS) is 17.2. The van der Waals surface area contributed by atoms with Crippen molar-refractivity contribution in [2.45, 2.75) is 44.6 Å². The van der Waals surface area contributed by atoms with E-state index in [2.05, 4.69) is 41.5 Å². The zero-order valence-electron chi connectivity index (χ0n) is 14.9. The number of hydrogen-bond donors (Lipinski definition) is 2. The van der Waals surface area contributed by atoms with Crippen LogP contribution < -0.4 is 11.1 Å². The second-order valence-electron chi connectivity index (χ2n) is 7.17. The summed E-state index contributed by atoms with van der Waals surface area (Å²) in [6.07, 6.45) is 3.17. The summed E-state index contributed by atoms with van der Waals surface area (Å²) in [4.78, 5) is 16.9. The largest absolute Gasteiger partial charge is 0.327 e. The summed E-state index contributed by atoms with van der Waals surface area (Å²) in [6.45, 7) is 2.16. The Hall–Kier alpha value is -2.24. The molecule has 0 saturated heterocycles. The molecule has 0 radical (unpaired) electrons. The van der Waals surface area contributed by atoms with Gasteiger partial charge in [-0.3, -0.25) is 4.79 Å². The number of fused-ring (bicyclic) bond motifs is 2. The van der Waals surface area contributed by atoms with E-state index in [4.69, 9.17) is 5.73 Å². The van der Waals surface area contributed by atoms with Gasteiger partial charge in [0.15, 0.2) is 5.13 Å². The smallest absolute Gasteiger partial charge is 0.226 e. The van der Waals surface area contributed by atoms with Crippen molar-refractivity contribution in [3.8, 4) is 0 Å². The first-order valence-corrected chi connectivity index (χ1v) is 9.93. The summed E-state index contributed by atoms with van der Waals surface area (Å²) >= 11 is 1.54. The van der Waals surface area contributed by atoms with Crippen molar-refractivity contribution in [1.29, 1.82) is 0 Å². The van der Waals surface area contributed by atoms with Crippen LogP contribution in [0.2, 0.25) is 0 Å². The van der Waals surface area contributed by atoms with Gasteiger partial charge in [0.2, 0.25) is 5.91 Å². The molecule has 1 heterocycles. The summed E-state index contributed by atoms with van der Waals surface area (Å²) in [6, 6.07) is 14.9. The fraction of sp³-hybridized carbons (Fsp3) is 0.333. The Labute approximate surface area is 157 Å². The van der Waals surface area contributed by atoms with Gasteiger partial charge in [-0.05, 0) is 54.0 Å². The first kappa shape index (κ1) is 17.2. The molecule has 2 aromatic carbocycles. The highest BCUT2D eigenvalue weighted by atomic mass is 32.1. The zero-order valence-corrected chi connectivity index (χ0v) is 15.7. The molecule has 0 fully saturated rings. The molecule has 0 aliphatic heterocycles. The number of rotatable bonds is 5. The number of anilines is 1. The van der Waals surface area contributed by atoms with Crippen LogP contribution in [0.1, 0.15) is 42.4 Å². The number of aromatic nitrogens is 1. The van der Waals surface area contributed by atoms with E-state index in [1.54, 1.807) is 0 Å². The number of nitrogens with zero attached hydrogens (tertiary/aromatic N) is 1. The first-order chi connectivity index (χ1) is 12.6. The van der Waals surface area contributed by atoms with Crippen LogP contribution in [0, 0.1) is 0 Å². The number of thiazole rings is 1. The van der Waals surface area contributed by atoms with Crippen molar-refractivity contribution in [2.24, 2.45) is 5.73 Å².